The molecule has 2 N–H and O–H groups in total. The Hall–Kier alpha value is -3.32. The van der Waals surface area contributed by atoms with E-state index < -0.39 is 0 Å². The van der Waals surface area contributed by atoms with Gasteiger partial charge in [-0.3, -0.25) is 19.3 Å². The van der Waals surface area contributed by atoms with E-state index in [1.807, 2.05) is 60.8 Å². The molecule has 2 heterocycles. The number of hydrogen-bond acceptors (Lipinski definition) is 4. The molecule has 2 aromatic carbocycles. The zero-order chi connectivity index (χ0) is 20.9. The van der Waals surface area contributed by atoms with Gasteiger partial charge >= 0.3 is 0 Å². The summed E-state index contributed by atoms with van der Waals surface area (Å²) in [6.07, 6.45) is 4.45. The Morgan fingerprint density at radius 2 is 1.83 bits per heavy atom. The number of rotatable bonds is 7. The Morgan fingerprint density at radius 1 is 1.07 bits per heavy atom. The lowest BCUT2D eigenvalue weighted by Gasteiger charge is -2.12. The van der Waals surface area contributed by atoms with Crippen LogP contribution in [0.25, 0.3) is 17.0 Å². The van der Waals surface area contributed by atoms with Gasteiger partial charge in [-0.2, -0.15) is 0 Å². The van der Waals surface area contributed by atoms with E-state index in [0.717, 1.165) is 38.7 Å². The minimum atomic E-state index is -0.347. The summed E-state index contributed by atoms with van der Waals surface area (Å²) in [4.78, 5) is 41.6. The molecule has 0 radical (unpaired) electrons. The molecule has 1 aromatic heterocycles. The highest BCUT2D eigenvalue weighted by atomic mass is 32.2. The largest absolute Gasteiger partial charge is 0.361 e. The van der Waals surface area contributed by atoms with Gasteiger partial charge in [0.05, 0.1) is 4.91 Å². The van der Waals surface area contributed by atoms with Crippen molar-refractivity contribution in [2.24, 2.45) is 0 Å². The van der Waals surface area contributed by atoms with Crippen LogP contribution in [-0.2, 0) is 16.0 Å². The van der Waals surface area contributed by atoms with E-state index in [-0.39, 0.29) is 30.0 Å². The van der Waals surface area contributed by atoms with Gasteiger partial charge in [-0.15, -0.1) is 0 Å². The monoisotopic (exact) mass is 419 g/mol. The van der Waals surface area contributed by atoms with E-state index in [0.29, 0.717) is 17.9 Å². The highest BCUT2D eigenvalue weighted by Crippen LogP contribution is 2.32. The van der Waals surface area contributed by atoms with Gasteiger partial charge < -0.3 is 10.3 Å². The number of H-pyrrole nitrogens is 1. The summed E-state index contributed by atoms with van der Waals surface area (Å²) < 4.78 is 0. The standard InChI is InChI=1S/C23H21N3O3S/c27-21(24-12-10-17-15-25-19-9-5-4-8-18(17)19)11-13-26-22(28)20(30-23(26)29)14-16-6-2-1-3-7-16/h1-9,14-15,25H,10-13H2,(H,24,27). The van der Waals surface area contributed by atoms with E-state index >= 15 is 0 Å². The molecular weight excluding hydrogens is 398 g/mol. The van der Waals surface area contributed by atoms with Crippen LogP contribution in [0, 0.1) is 0 Å². The summed E-state index contributed by atoms with van der Waals surface area (Å²) in [5.41, 5.74) is 3.07. The average molecular weight is 420 g/mol. The molecular formula is C23H21N3O3S. The number of carbonyl (C=O) groups excluding carboxylic acids is 3. The number of benzene rings is 2. The first-order valence-corrected chi connectivity index (χ1v) is 10.6. The zero-order valence-electron chi connectivity index (χ0n) is 16.3. The van der Waals surface area contributed by atoms with Gasteiger partial charge in [0.1, 0.15) is 0 Å². The second-order valence-corrected chi connectivity index (χ2v) is 7.95. The second-order valence-electron chi connectivity index (χ2n) is 6.95. The van der Waals surface area contributed by atoms with Crippen molar-refractivity contribution < 1.29 is 14.4 Å². The number of thioether (sulfide) groups is 1. The summed E-state index contributed by atoms with van der Waals surface area (Å²) >= 11 is 0.909. The number of aromatic nitrogens is 1. The Labute approximate surface area is 178 Å². The van der Waals surface area contributed by atoms with Crippen molar-refractivity contribution in [2.75, 3.05) is 13.1 Å². The van der Waals surface area contributed by atoms with Gasteiger partial charge in [0.2, 0.25) is 5.91 Å². The molecule has 0 unspecified atom stereocenters. The van der Waals surface area contributed by atoms with Crippen molar-refractivity contribution in [1.82, 2.24) is 15.2 Å². The van der Waals surface area contributed by atoms with Crippen molar-refractivity contribution >= 4 is 45.8 Å². The highest BCUT2D eigenvalue weighted by Gasteiger charge is 2.34. The second kappa shape index (κ2) is 9.00. The first kappa shape index (κ1) is 20.0. The van der Waals surface area contributed by atoms with Crippen LogP contribution in [0.15, 0.2) is 65.7 Å². The summed E-state index contributed by atoms with van der Waals surface area (Å²) in [7, 11) is 0. The lowest BCUT2D eigenvalue weighted by molar-refractivity contribution is -0.124. The molecule has 0 spiro atoms. The minimum absolute atomic E-state index is 0.0791. The number of fused-ring (bicyclic) bond motifs is 1. The number of carbonyl (C=O) groups is 3. The molecule has 0 bridgehead atoms. The lowest BCUT2D eigenvalue weighted by Crippen LogP contribution is -2.34. The molecule has 0 saturated carbocycles. The predicted molar refractivity (Wildman–Crippen MR) is 119 cm³/mol. The van der Waals surface area contributed by atoms with Crippen LogP contribution in [0.3, 0.4) is 0 Å². The molecule has 1 aliphatic heterocycles. The molecule has 1 saturated heterocycles. The van der Waals surface area contributed by atoms with E-state index in [1.165, 1.54) is 0 Å². The SMILES string of the molecule is O=C(CCN1C(=O)SC(=Cc2ccccc2)C1=O)NCCc1c[nH]c2ccccc12. The molecule has 30 heavy (non-hydrogen) atoms. The normalized spacial score (nSPS) is 15.3. The number of imide groups is 1. The Bertz CT molecular complexity index is 1120. The van der Waals surface area contributed by atoms with Gasteiger partial charge in [-0.25, -0.2) is 0 Å². The smallest absolute Gasteiger partial charge is 0.293 e. The molecule has 0 atom stereocenters. The molecule has 3 amide bonds. The Kier molecular flexibility index (Phi) is 5.99. The molecule has 7 heteroatoms. The summed E-state index contributed by atoms with van der Waals surface area (Å²) in [5, 5.41) is 3.68. The van der Waals surface area contributed by atoms with Crippen molar-refractivity contribution in [2.45, 2.75) is 12.8 Å². The van der Waals surface area contributed by atoms with Crippen LogP contribution >= 0.6 is 11.8 Å². The van der Waals surface area contributed by atoms with Gasteiger partial charge in [0, 0.05) is 36.6 Å². The minimum Gasteiger partial charge on any atom is -0.361 e. The lowest BCUT2D eigenvalue weighted by atomic mass is 10.1. The first-order chi connectivity index (χ1) is 14.6. The van der Waals surface area contributed by atoms with E-state index in [9.17, 15) is 14.4 Å². The van der Waals surface area contributed by atoms with Gasteiger partial charge in [-0.05, 0) is 41.5 Å². The predicted octanol–water partition coefficient (Wildman–Crippen LogP) is 3.95. The van der Waals surface area contributed by atoms with E-state index in [1.54, 1.807) is 6.08 Å². The third-order valence-electron chi connectivity index (χ3n) is 4.92. The summed E-state index contributed by atoms with van der Waals surface area (Å²) in [6.45, 7) is 0.576. The average Bonchev–Trinajstić information content (AvgIpc) is 3.28. The summed E-state index contributed by atoms with van der Waals surface area (Å²) in [5.74, 6) is -0.527. The van der Waals surface area contributed by atoms with Crippen molar-refractivity contribution in [1.29, 1.82) is 0 Å². The fourth-order valence-corrected chi connectivity index (χ4v) is 4.24. The number of para-hydroxylation sites is 1. The van der Waals surface area contributed by atoms with Crippen LogP contribution in [0.1, 0.15) is 17.5 Å². The molecule has 4 rings (SSSR count). The Balaban J connectivity index is 1.27. The molecule has 6 nitrogen and oxygen atoms in total. The number of nitrogens with zero attached hydrogens (tertiary/aromatic N) is 1. The first-order valence-electron chi connectivity index (χ1n) is 9.74. The van der Waals surface area contributed by atoms with E-state index in [2.05, 4.69) is 10.3 Å². The van der Waals surface area contributed by atoms with Crippen LogP contribution < -0.4 is 5.32 Å². The van der Waals surface area contributed by atoms with Crippen molar-refractivity contribution in [3.8, 4) is 0 Å². The van der Waals surface area contributed by atoms with Crippen LogP contribution in [0.4, 0.5) is 4.79 Å². The number of aromatic amines is 1. The fraction of sp³-hybridized carbons (Fsp3) is 0.174. The quantitative estimate of drug-likeness (QED) is 0.568. The van der Waals surface area contributed by atoms with Gasteiger partial charge in [0.15, 0.2) is 0 Å². The molecule has 152 valence electrons. The maximum absolute atomic E-state index is 12.5. The molecule has 0 aliphatic carbocycles. The zero-order valence-corrected chi connectivity index (χ0v) is 17.1. The van der Waals surface area contributed by atoms with Gasteiger partial charge in [0.25, 0.3) is 11.1 Å². The Morgan fingerprint density at radius 3 is 2.67 bits per heavy atom. The molecule has 1 aliphatic rings. The van der Waals surface area contributed by atoms with Crippen LogP contribution in [-0.4, -0.2) is 40.0 Å². The third-order valence-corrected chi connectivity index (χ3v) is 5.83. The van der Waals surface area contributed by atoms with Crippen molar-refractivity contribution in [3.63, 3.8) is 0 Å². The molecule has 3 aromatic rings. The third kappa shape index (κ3) is 4.46. The molecule has 1 fully saturated rings. The highest BCUT2D eigenvalue weighted by molar-refractivity contribution is 8.18. The van der Waals surface area contributed by atoms with Crippen molar-refractivity contribution in [3.05, 3.63) is 76.8 Å². The van der Waals surface area contributed by atoms with Crippen LogP contribution in [0.2, 0.25) is 0 Å². The van der Waals surface area contributed by atoms with Gasteiger partial charge in [-0.1, -0.05) is 48.5 Å². The van der Waals surface area contributed by atoms with E-state index in [4.69, 9.17) is 0 Å². The number of amides is 3. The maximum atomic E-state index is 12.5. The summed E-state index contributed by atoms with van der Waals surface area (Å²) in [6, 6.07) is 17.4. The maximum Gasteiger partial charge on any atom is 0.293 e. The fourth-order valence-electron chi connectivity index (χ4n) is 3.37. The van der Waals surface area contributed by atoms with Crippen LogP contribution in [0.5, 0.6) is 0 Å². The number of nitrogens with one attached hydrogen (secondary N) is 2. The number of hydrogen-bond donors (Lipinski definition) is 2. The topological polar surface area (TPSA) is 82.3 Å².